The smallest absolute Gasteiger partial charge is 0.238 e. The quantitative estimate of drug-likeness (QED) is 0.878. The van der Waals surface area contributed by atoms with Crippen LogP contribution >= 0.6 is 11.3 Å². The zero-order chi connectivity index (χ0) is 13.2. The molecule has 2 rings (SSSR count). The normalized spacial score (nSPS) is 22.7. The molecular weight excluding hydrogens is 246 g/mol. The van der Waals surface area contributed by atoms with Crippen molar-refractivity contribution in [3.63, 3.8) is 0 Å². The lowest BCUT2D eigenvalue weighted by atomic mass is 9.77. The van der Waals surface area contributed by atoms with Gasteiger partial charge in [-0.2, -0.15) is 0 Å². The van der Waals surface area contributed by atoms with Crippen LogP contribution in [0.3, 0.4) is 0 Å². The maximum Gasteiger partial charge on any atom is 0.238 e. The summed E-state index contributed by atoms with van der Waals surface area (Å²) in [5.74, 6) is 0.0883. The third kappa shape index (κ3) is 3.09. The molecule has 1 aromatic heterocycles. The highest BCUT2D eigenvalue weighted by molar-refractivity contribution is 7.09. The Morgan fingerprint density at radius 3 is 3.06 bits per heavy atom. The first kappa shape index (κ1) is 13.5. The number of carbonyl (C=O) groups excluding carboxylic acids is 1. The summed E-state index contributed by atoms with van der Waals surface area (Å²) >= 11 is 1.61. The van der Waals surface area contributed by atoms with E-state index in [-0.39, 0.29) is 17.4 Å². The second-order valence-corrected chi connectivity index (χ2v) is 6.62. The van der Waals surface area contributed by atoms with Gasteiger partial charge >= 0.3 is 0 Å². The number of rotatable bonds is 3. The van der Waals surface area contributed by atoms with E-state index in [9.17, 15) is 4.79 Å². The number of hydrogen-bond acceptors (Lipinski definition) is 4. The molecule has 2 N–H and O–H groups in total. The molecule has 0 bridgehead atoms. The molecule has 0 spiro atoms. The van der Waals surface area contributed by atoms with Crippen molar-refractivity contribution in [1.29, 1.82) is 0 Å². The Bertz CT molecular complexity index is 428. The SMILES string of the molecule is Cc1nc(CNC(=O)C2NCCCC2(C)C)cs1. The van der Waals surface area contributed by atoms with Gasteiger partial charge in [-0.25, -0.2) is 4.98 Å². The second-order valence-electron chi connectivity index (χ2n) is 5.55. The third-order valence-electron chi connectivity index (χ3n) is 3.50. The molecule has 0 aliphatic carbocycles. The number of nitrogens with zero attached hydrogens (tertiary/aromatic N) is 1. The fourth-order valence-electron chi connectivity index (χ4n) is 2.43. The van der Waals surface area contributed by atoms with Crippen molar-refractivity contribution in [1.82, 2.24) is 15.6 Å². The molecule has 1 aliphatic heterocycles. The molecule has 2 heterocycles. The molecule has 0 radical (unpaired) electrons. The lowest BCUT2D eigenvalue weighted by molar-refractivity contribution is -0.126. The lowest BCUT2D eigenvalue weighted by Crippen LogP contribution is -2.55. The molecule has 1 aromatic rings. The summed E-state index contributed by atoms with van der Waals surface area (Å²) in [6.45, 7) is 7.73. The van der Waals surface area contributed by atoms with Crippen molar-refractivity contribution in [2.45, 2.75) is 46.2 Å². The van der Waals surface area contributed by atoms with Crippen molar-refractivity contribution in [3.05, 3.63) is 16.1 Å². The van der Waals surface area contributed by atoms with Crippen LogP contribution in [0.15, 0.2) is 5.38 Å². The average Bonchev–Trinajstić information content (AvgIpc) is 2.71. The van der Waals surface area contributed by atoms with Crippen LogP contribution in [-0.2, 0) is 11.3 Å². The van der Waals surface area contributed by atoms with Gasteiger partial charge in [0.05, 0.1) is 23.3 Å². The number of aryl methyl sites for hydroxylation is 1. The van der Waals surface area contributed by atoms with E-state index in [4.69, 9.17) is 0 Å². The first-order chi connectivity index (χ1) is 8.49. The van der Waals surface area contributed by atoms with Crippen molar-refractivity contribution in [2.75, 3.05) is 6.54 Å². The van der Waals surface area contributed by atoms with Crippen molar-refractivity contribution >= 4 is 17.2 Å². The minimum atomic E-state index is -0.0917. The largest absolute Gasteiger partial charge is 0.349 e. The highest BCUT2D eigenvalue weighted by atomic mass is 32.1. The monoisotopic (exact) mass is 267 g/mol. The summed E-state index contributed by atoms with van der Waals surface area (Å²) in [4.78, 5) is 16.5. The third-order valence-corrected chi connectivity index (χ3v) is 4.32. The Labute approximate surface area is 112 Å². The maximum atomic E-state index is 12.2. The van der Waals surface area contributed by atoms with Crippen LogP contribution in [0.5, 0.6) is 0 Å². The highest BCUT2D eigenvalue weighted by Crippen LogP contribution is 2.30. The molecule has 0 aromatic carbocycles. The standard InChI is InChI=1S/C13H21N3OS/c1-9-16-10(8-18-9)7-15-12(17)11-13(2,3)5-4-6-14-11/h8,11,14H,4-7H2,1-3H3,(H,15,17). The van der Waals surface area contributed by atoms with Gasteiger partial charge in [-0.05, 0) is 31.7 Å². The van der Waals surface area contributed by atoms with Crippen LogP contribution in [0.2, 0.25) is 0 Å². The Balaban J connectivity index is 1.91. The first-order valence-electron chi connectivity index (χ1n) is 6.41. The van der Waals surface area contributed by atoms with E-state index in [1.807, 2.05) is 12.3 Å². The summed E-state index contributed by atoms with van der Waals surface area (Å²) in [6, 6.07) is -0.0917. The van der Waals surface area contributed by atoms with Gasteiger partial charge in [-0.15, -0.1) is 11.3 Å². The predicted octanol–water partition coefficient (Wildman–Crippen LogP) is 1.85. The minimum absolute atomic E-state index is 0.0281. The van der Waals surface area contributed by atoms with Crippen LogP contribution < -0.4 is 10.6 Å². The van der Waals surface area contributed by atoms with Gasteiger partial charge in [0, 0.05) is 5.38 Å². The molecule has 1 unspecified atom stereocenters. The van der Waals surface area contributed by atoms with Crippen LogP contribution in [0.4, 0.5) is 0 Å². The van der Waals surface area contributed by atoms with E-state index < -0.39 is 0 Å². The molecule has 1 atom stereocenters. The van der Waals surface area contributed by atoms with Gasteiger partial charge in [-0.3, -0.25) is 4.79 Å². The maximum absolute atomic E-state index is 12.2. The van der Waals surface area contributed by atoms with Gasteiger partial charge in [0.2, 0.25) is 5.91 Å². The van der Waals surface area contributed by atoms with Crippen LogP contribution in [0, 0.1) is 12.3 Å². The Hall–Kier alpha value is -0.940. The number of carbonyl (C=O) groups is 1. The number of nitrogens with one attached hydrogen (secondary N) is 2. The number of aromatic nitrogens is 1. The average molecular weight is 267 g/mol. The van der Waals surface area contributed by atoms with E-state index in [0.29, 0.717) is 6.54 Å². The van der Waals surface area contributed by atoms with E-state index in [1.165, 1.54) is 0 Å². The van der Waals surface area contributed by atoms with Gasteiger partial charge in [0.25, 0.3) is 0 Å². The number of piperidine rings is 1. The topological polar surface area (TPSA) is 54.0 Å². The Kier molecular flexibility index (Phi) is 4.02. The van der Waals surface area contributed by atoms with E-state index >= 15 is 0 Å². The minimum Gasteiger partial charge on any atom is -0.349 e. The molecule has 5 heteroatoms. The molecule has 100 valence electrons. The fraction of sp³-hybridized carbons (Fsp3) is 0.692. The fourth-order valence-corrected chi connectivity index (χ4v) is 3.04. The first-order valence-corrected chi connectivity index (χ1v) is 7.29. The summed E-state index contributed by atoms with van der Waals surface area (Å²) in [5, 5.41) is 9.33. The second kappa shape index (κ2) is 5.36. The molecule has 1 amide bonds. The van der Waals surface area contributed by atoms with E-state index in [1.54, 1.807) is 11.3 Å². The summed E-state index contributed by atoms with van der Waals surface area (Å²) in [7, 11) is 0. The summed E-state index contributed by atoms with van der Waals surface area (Å²) in [6.07, 6.45) is 2.23. The molecule has 0 saturated carbocycles. The van der Waals surface area contributed by atoms with Crippen LogP contribution in [0.1, 0.15) is 37.4 Å². The zero-order valence-corrected chi connectivity index (χ0v) is 12.1. The molecule has 1 saturated heterocycles. The van der Waals surface area contributed by atoms with Crippen molar-refractivity contribution in [2.24, 2.45) is 5.41 Å². The summed E-state index contributed by atoms with van der Waals surface area (Å²) < 4.78 is 0. The Morgan fingerprint density at radius 2 is 2.44 bits per heavy atom. The van der Waals surface area contributed by atoms with Gasteiger partial charge in [0.15, 0.2) is 0 Å². The van der Waals surface area contributed by atoms with Crippen molar-refractivity contribution < 1.29 is 4.79 Å². The summed E-state index contributed by atoms with van der Waals surface area (Å²) in [5.41, 5.74) is 0.972. The van der Waals surface area contributed by atoms with Gasteiger partial charge in [-0.1, -0.05) is 13.8 Å². The molecule has 4 nitrogen and oxygen atoms in total. The highest BCUT2D eigenvalue weighted by Gasteiger charge is 2.36. The van der Waals surface area contributed by atoms with E-state index in [2.05, 4.69) is 29.5 Å². The molecule has 1 fully saturated rings. The van der Waals surface area contributed by atoms with Crippen LogP contribution in [-0.4, -0.2) is 23.5 Å². The van der Waals surface area contributed by atoms with Gasteiger partial charge in [0.1, 0.15) is 0 Å². The predicted molar refractivity (Wildman–Crippen MR) is 73.5 cm³/mol. The molecule has 18 heavy (non-hydrogen) atoms. The zero-order valence-electron chi connectivity index (χ0n) is 11.2. The Morgan fingerprint density at radius 1 is 1.67 bits per heavy atom. The van der Waals surface area contributed by atoms with Gasteiger partial charge < -0.3 is 10.6 Å². The number of thiazole rings is 1. The van der Waals surface area contributed by atoms with Crippen LogP contribution in [0.25, 0.3) is 0 Å². The number of hydrogen-bond donors (Lipinski definition) is 2. The lowest BCUT2D eigenvalue weighted by Gasteiger charge is -2.38. The number of amides is 1. The van der Waals surface area contributed by atoms with Crippen molar-refractivity contribution in [3.8, 4) is 0 Å². The van der Waals surface area contributed by atoms with E-state index in [0.717, 1.165) is 30.1 Å². The molecular formula is C13H21N3OS. The molecule has 1 aliphatic rings.